The third kappa shape index (κ3) is 2.37. The fourth-order valence-electron chi connectivity index (χ4n) is 6.01. The van der Waals surface area contributed by atoms with Gasteiger partial charge in [-0.25, -0.2) is 0 Å². The zero-order valence-corrected chi connectivity index (χ0v) is 19.1. The highest BCUT2D eigenvalue weighted by Crippen LogP contribution is 2.60. The molecular weight excluding hydrogens is 396 g/mol. The molecule has 0 atom stereocenters. The van der Waals surface area contributed by atoms with Gasteiger partial charge in [-0.2, -0.15) is 0 Å². The minimum Gasteiger partial charge on any atom is -0.0843 e. The van der Waals surface area contributed by atoms with Crippen LogP contribution >= 0.6 is 11.6 Å². The topological polar surface area (TPSA) is 0 Å². The second-order valence-electron chi connectivity index (χ2n) is 9.94. The predicted molar refractivity (Wildman–Crippen MR) is 132 cm³/mol. The van der Waals surface area contributed by atoms with Gasteiger partial charge in [-0.05, 0) is 73.8 Å². The molecule has 2 aliphatic carbocycles. The molecule has 0 aliphatic heterocycles. The van der Waals surface area contributed by atoms with Crippen molar-refractivity contribution in [3.05, 3.63) is 106 Å². The highest BCUT2D eigenvalue weighted by atomic mass is 35.5. The number of hydrogen-bond donors (Lipinski definition) is 0. The van der Waals surface area contributed by atoms with Gasteiger partial charge in [0.25, 0.3) is 0 Å². The van der Waals surface area contributed by atoms with Crippen LogP contribution in [0.5, 0.6) is 0 Å². The zero-order chi connectivity index (χ0) is 21.5. The van der Waals surface area contributed by atoms with Crippen LogP contribution in [0, 0.1) is 0 Å². The Morgan fingerprint density at radius 3 is 1.81 bits per heavy atom. The average molecular weight is 421 g/mol. The minimum atomic E-state index is -0.0718. The first-order valence-corrected chi connectivity index (χ1v) is 11.4. The molecule has 0 amide bonds. The Labute approximate surface area is 189 Å². The van der Waals surface area contributed by atoms with Crippen LogP contribution in [0.1, 0.15) is 49.9 Å². The summed E-state index contributed by atoms with van der Waals surface area (Å²) >= 11 is 6.29. The van der Waals surface area contributed by atoms with Crippen LogP contribution in [0.2, 0.25) is 5.02 Å². The van der Waals surface area contributed by atoms with Crippen molar-refractivity contribution in [3.63, 3.8) is 0 Å². The van der Waals surface area contributed by atoms with Crippen molar-refractivity contribution in [2.45, 2.75) is 38.5 Å². The van der Waals surface area contributed by atoms with Crippen molar-refractivity contribution in [2.75, 3.05) is 0 Å². The number of fused-ring (bicyclic) bond motifs is 6. The fraction of sp³-hybridized carbons (Fsp3) is 0.200. The molecule has 0 spiro atoms. The molecule has 0 aromatic heterocycles. The van der Waals surface area contributed by atoms with Crippen LogP contribution in [0.15, 0.2) is 78.9 Å². The van der Waals surface area contributed by atoms with Gasteiger partial charge in [-0.3, -0.25) is 0 Å². The number of halogens is 1. The summed E-state index contributed by atoms with van der Waals surface area (Å²) < 4.78 is 0. The largest absolute Gasteiger partial charge is 0.0843 e. The summed E-state index contributed by atoms with van der Waals surface area (Å²) in [6.07, 6.45) is 0. The first-order valence-electron chi connectivity index (χ1n) is 11.0. The van der Waals surface area contributed by atoms with Crippen molar-refractivity contribution in [1.29, 1.82) is 0 Å². The smallest absolute Gasteiger partial charge is 0.0406 e. The van der Waals surface area contributed by atoms with Gasteiger partial charge < -0.3 is 0 Å². The van der Waals surface area contributed by atoms with Crippen LogP contribution in [-0.2, 0) is 10.8 Å². The first-order chi connectivity index (χ1) is 14.8. The van der Waals surface area contributed by atoms with Gasteiger partial charge >= 0.3 is 0 Å². The van der Waals surface area contributed by atoms with E-state index in [1.165, 1.54) is 55.6 Å². The molecule has 0 saturated heterocycles. The van der Waals surface area contributed by atoms with E-state index in [4.69, 9.17) is 11.6 Å². The maximum absolute atomic E-state index is 6.29. The summed E-state index contributed by atoms with van der Waals surface area (Å²) in [6.45, 7) is 9.47. The van der Waals surface area contributed by atoms with Gasteiger partial charge in [-0.15, -0.1) is 0 Å². The van der Waals surface area contributed by atoms with Crippen molar-refractivity contribution in [2.24, 2.45) is 0 Å². The zero-order valence-electron chi connectivity index (χ0n) is 18.4. The normalized spacial score (nSPS) is 16.4. The van der Waals surface area contributed by atoms with E-state index in [1.54, 1.807) is 0 Å². The van der Waals surface area contributed by atoms with Gasteiger partial charge in [0.1, 0.15) is 0 Å². The van der Waals surface area contributed by atoms with E-state index in [2.05, 4.69) is 94.4 Å². The predicted octanol–water partition coefficient (Wildman–Crippen LogP) is 8.62. The standard InChI is InChI=1S/C30H25Cl/c1-29(2)24-12-8-6-10-21(24)27-25(29)17-22-20-9-5-7-11-23(20)30(3,4)28(22)26(27)18-13-15-19(31)16-14-18/h5-17H,1-4H3. The molecule has 0 N–H and O–H groups in total. The lowest BCUT2D eigenvalue weighted by Gasteiger charge is -2.28. The molecule has 0 bridgehead atoms. The molecule has 6 rings (SSSR count). The van der Waals surface area contributed by atoms with Gasteiger partial charge in [0.2, 0.25) is 0 Å². The van der Waals surface area contributed by atoms with Gasteiger partial charge in [0.15, 0.2) is 0 Å². The Kier molecular flexibility index (Phi) is 3.73. The SMILES string of the molecule is CC1(C)c2ccccc2-c2c1cc1c(c2-c2ccc(Cl)cc2)C(C)(C)c2ccccc2-1. The molecule has 0 unspecified atom stereocenters. The van der Waals surface area contributed by atoms with Crippen LogP contribution in [0.4, 0.5) is 0 Å². The lowest BCUT2D eigenvalue weighted by molar-refractivity contribution is 0.653. The van der Waals surface area contributed by atoms with E-state index >= 15 is 0 Å². The quantitative estimate of drug-likeness (QED) is 0.289. The number of rotatable bonds is 1. The summed E-state index contributed by atoms with van der Waals surface area (Å²) in [7, 11) is 0. The highest BCUT2D eigenvalue weighted by Gasteiger charge is 2.44. The molecule has 152 valence electrons. The maximum Gasteiger partial charge on any atom is 0.0406 e. The monoisotopic (exact) mass is 420 g/mol. The molecule has 0 fully saturated rings. The molecule has 31 heavy (non-hydrogen) atoms. The van der Waals surface area contributed by atoms with Crippen molar-refractivity contribution in [1.82, 2.24) is 0 Å². The molecule has 4 aromatic rings. The van der Waals surface area contributed by atoms with Crippen LogP contribution in [0.25, 0.3) is 33.4 Å². The lowest BCUT2D eigenvalue weighted by Crippen LogP contribution is -2.18. The minimum absolute atomic E-state index is 0.0379. The van der Waals surface area contributed by atoms with Crippen LogP contribution in [0.3, 0.4) is 0 Å². The third-order valence-corrected chi connectivity index (χ3v) is 7.77. The third-order valence-electron chi connectivity index (χ3n) is 7.52. The second-order valence-corrected chi connectivity index (χ2v) is 10.4. The summed E-state index contributed by atoms with van der Waals surface area (Å²) in [5.41, 5.74) is 13.7. The van der Waals surface area contributed by atoms with Crippen molar-refractivity contribution >= 4 is 11.6 Å². The van der Waals surface area contributed by atoms with Gasteiger partial charge in [0.05, 0.1) is 0 Å². The first kappa shape index (κ1) is 18.9. The van der Waals surface area contributed by atoms with Crippen molar-refractivity contribution in [3.8, 4) is 33.4 Å². The van der Waals surface area contributed by atoms with E-state index in [0.29, 0.717) is 0 Å². The Hall–Kier alpha value is -2.83. The number of benzene rings is 4. The molecule has 1 heteroatoms. The molecular formula is C30H25Cl. The summed E-state index contributed by atoms with van der Waals surface area (Å²) in [5.74, 6) is 0. The molecule has 0 nitrogen and oxygen atoms in total. The average Bonchev–Trinajstić information content (AvgIpc) is 3.14. The fourth-order valence-corrected chi connectivity index (χ4v) is 6.14. The number of hydrogen-bond acceptors (Lipinski definition) is 0. The van der Waals surface area contributed by atoms with E-state index in [-0.39, 0.29) is 10.8 Å². The molecule has 0 saturated carbocycles. The molecule has 4 aromatic carbocycles. The second kappa shape index (κ2) is 6.11. The lowest BCUT2D eigenvalue weighted by atomic mass is 9.75. The van der Waals surface area contributed by atoms with E-state index in [0.717, 1.165) is 5.02 Å². The van der Waals surface area contributed by atoms with Crippen LogP contribution < -0.4 is 0 Å². The molecule has 0 radical (unpaired) electrons. The van der Waals surface area contributed by atoms with Crippen molar-refractivity contribution < 1.29 is 0 Å². The van der Waals surface area contributed by atoms with Gasteiger partial charge in [0, 0.05) is 15.9 Å². The highest BCUT2D eigenvalue weighted by molar-refractivity contribution is 6.30. The Balaban J connectivity index is 1.82. The van der Waals surface area contributed by atoms with E-state index in [9.17, 15) is 0 Å². The van der Waals surface area contributed by atoms with E-state index in [1.807, 2.05) is 12.1 Å². The molecule has 2 aliphatic rings. The Morgan fingerprint density at radius 2 is 1.13 bits per heavy atom. The summed E-state index contributed by atoms with van der Waals surface area (Å²) in [5, 5.41) is 0.774. The Bertz CT molecular complexity index is 1370. The van der Waals surface area contributed by atoms with Gasteiger partial charge in [-0.1, -0.05) is 100.0 Å². The van der Waals surface area contributed by atoms with Crippen LogP contribution in [-0.4, -0.2) is 0 Å². The van der Waals surface area contributed by atoms with E-state index < -0.39 is 0 Å². The molecule has 0 heterocycles. The maximum atomic E-state index is 6.29. The summed E-state index contributed by atoms with van der Waals surface area (Å²) in [6, 6.07) is 28.7. The summed E-state index contributed by atoms with van der Waals surface area (Å²) in [4.78, 5) is 0. The Morgan fingerprint density at radius 1 is 0.548 bits per heavy atom.